The van der Waals surface area contributed by atoms with Crippen LogP contribution in [0.5, 0.6) is 0 Å². The second-order valence-electron chi connectivity index (χ2n) is 6.68. The van der Waals surface area contributed by atoms with Gasteiger partial charge in [0.15, 0.2) is 0 Å². The number of hydrogen-bond acceptors (Lipinski definition) is 5. The number of nitrogens with zero attached hydrogens (tertiary/aromatic N) is 5. The molecule has 25 heavy (non-hydrogen) atoms. The molecule has 2 aliphatic rings. The summed E-state index contributed by atoms with van der Waals surface area (Å²) in [5, 5.41) is 8.51. The monoisotopic (exact) mass is 361 g/mol. The van der Waals surface area contributed by atoms with Gasteiger partial charge in [-0.25, -0.2) is 13.1 Å². The normalized spacial score (nSPS) is 24.7. The highest BCUT2D eigenvalue weighted by atomic mass is 32.2. The molecule has 2 saturated heterocycles. The van der Waals surface area contributed by atoms with Gasteiger partial charge in [0, 0.05) is 31.7 Å². The predicted octanol–water partition coefficient (Wildman–Crippen LogP) is 1.27. The molecule has 0 N–H and O–H groups in total. The van der Waals surface area contributed by atoms with Gasteiger partial charge in [0.05, 0.1) is 23.3 Å². The zero-order valence-electron chi connectivity index (χ0n) is 14.3. The minimum atomic E-state index is -3.11. The molecule has 0 unspecified atom stereocenters. The largest absolute Gasteiger partial charge is 0.293 e. The lowest BCUT2D eigenvalue weighted by molar-refractivity contribution is 0.237. The second-order valence-corrected chi connectivity index (χ2v) is 8.89. The van der Waals surface area contributed by atoms with Gasteiger partial charge in [-0.3, -0.25) is 4.90 Å². The van der Waals surface area contributed by atoms with Crippen LogP contribution in [0.25, 0.3) is 5.69 Å². The second kappa shape index (κ2) is 6.51. The molecule has 2 aliphatic heterocycles. The summed E-state index contributed by atoms with van der Waals surface area (Å²) in [4.78, 5) is 2.36. The maximum atomic E-state index is 12.3. The highest BCUT2D eigenvalue weighted by Gasteiger charge is 2.46. The third-order valence-electron chi connectivity index (χ3n) is 5.29. The quantitative estimate of drug-likeness (QED) is 0.802. The summed E-state index contributed by atoms with van der Waals surface area (Å²) < 4.78 is 28.0. The fraction of sp³-hybridized carbons (Fsp3) is 0.529. The van der Waals surface area contributed by atoms with Gasteiger partial charge in [0.25, 0.3) is 0 Å². The predicted molar refractivity (Wildman–Crippen MR) is 94.7 cm³/mol. The van der Waals surface area contributed by atoms with Crippen LogP contribution in [0.15, 0.2) is 36.5 Å². The minimum Gasteiger partial charge on any atom is -0.293 e. The zero-order valence-corrected chi connectivity index (χ0v) is 15.1. The lowest BCUT2D eigenvalue weighted by Crippen LogP contribution is -2.40. The third kappa shape index (κ3) is 3.09. The molecule has 3 heterocycles. The van der Waals surface area contributed by atoms with E-state index in [0.717, 1.165) is 30.8 Å². The molecule has 7 nitrogen and oxygen atoms in total. The molecule has 2 atom stereocenters. The first-order chi connectivity index (χ1) is 12.1. The standard InChI is InChI=1S/C17H23N5O2S/c1-2-25(23,24)22-11-9-16-17(22)8-10-20(16)12-14-13-21(19-18-14)15-6-4-3-5-7-15/h3-7,13,16-17H,2,8-12H2,1H3/t16-,17-/m0/s1. The Bertz CT molecular complexity index is 836. The Balaban J connectivity index is 1.46. The van der Waals surface area contributed by atoms with Crippen molar-refractivity contribution in [1.29, 1.82) is 0 Å². The smallest absolute Gasteiger partial charge is 0.214 e. The molecule has 2 aromatic rings. The summed E-state index contributed by atoms with van der Waals surface area (Å²) in [5.41, 5.74) is 1.91. The van der Waals surface area contributed by atoms with Gasteiger partial charge in [-0.2, -0.15) is 4.31 Å². The fourth-order valence-corrected chi connectivity index (χ4v) is 5.40. The van der Waals surface area contributed by atoms with Crippen molar-refractivity contribution in [3.63, 3.8) is 0 Å². The molecule has 1 aromatic carbocycles. The average molecular weight is 361 g/mol. The number of para-hydroxylation sites is 1. The number of aromatic nitrogens is 3. The van der Waals surface area contributed by atoms with E-state index in [0.29, 0.717) is 19.1 Å². The van der Waals surface area contributed by atoms with Crippen LogP contribution in [0.4, 0.5) is 0 Å². The van der Waals surface area contributed by atoms with Crippen molar-refractivity contribution in [2.75, 3.05) is 18.8 Å². The van der Waals surface area contributed by atoms with Crippen LogP contribution in [0.2, 0.25) is 0 Å². The lowest BCUT2D eigenvalue weighted by Gasteiger charge is -2.24. The molecular formula is C17H23N5O2S. The first kappa shape index (κ1) is 16.7. The number of sulfonamides is 1. The molecule has 8 heteroatoms. The molecule has 2 fully saturated rings. The van der Waals surface area contributed by atoms with Crippen molar-refractivity contribution in [1.82, 2.24) is 24.2 Å². The lowest BCUT2D eigenvalue weighted by atomic mass is 10.1. The van der Waals surface area contributed by atoms with Crippen molar-refractivity contribution < 1.29 is 8.42 Å². The third-order valence-corrected chi connectivity index (χ3v) is 7.19. The molecule has 0 aliphatic carbocycles. The highest BCUT2D eigenvalue weighted by Crippen LogP contribution is 2.34. The van der Waals surface area contributed by atoms with Gasteiger partial charge in [0.1, 0.15) is 0 Å². The first-order valence-electron chi connectivity index (χ1n) is 8.78. The first-order valence-corrected chi connectivity index (χ1v) is 10.4. The van der Waals surface area contributed by atoms with Crippen LogP contribution >= 0.6 is 0 Å². The van der Waals surface area contributed by atoms with Crippen LogP contribution in [-0.2, 0) is 16.6 Å². The van der Waals surface area contributed by atoms with Crippen LogP contribution in [0, 0.1) is 0 Å². The van der Waals surface area contributed by atoms with Crippen molar-refractivity contribution in [3.05, 3.63) is 42.2 Å². The number of rotatable bonds is 5. The molecule has 134 valence electrons. The molecule has 1 aromatic heterocycles. The van der Waals surface area contributed by atoms with E-state index >= 15 is 0 Å². The molecule has 0 spiro atoms. The van der Waals surface area contributed by atoms with Gasteiger partial charge >= 0.3 is 0 Å². The van der Waals surface area contributed by atoms with E-state index < -0.39 is 10.0 Å². The van der Waals surface area contributed by atoms with E-state index in [9.17, 15) is 8.42 Å². The molecule has 0 amide bonds. The van der Waals surface area contributed by atoms with Crippen molar-refractivity contribution >= 4 is 10.0 Å². The number of hydrogen-bond donors (Lipinski definition) is 0. The molecule has 4 rings (SSSR count). The maximum Gasteiger partial charge on any atom is 0.214 e. The Hall–Kier alpha value is -1.77. The number of likely N-dealkylation sites (tertiary alicyclic amines) is 1. The van der Waals surface area contributed by atoms with E-state index in [2.05, 4.69) is 15.2 Å². The van der Waals surface area contributed by atoms with E-state index in [1.807, 2.05) is 36.5 Å². The van der Waals surface area contributed by atoms with Crippen molar-refractivity contribution in [3.8, 4) is 5.69 Å². The molecular weight excluding hydrogens is 338 g/mol. The van der Waals surface area contributed by atoms with Crippen LogP contribution in [-0.4, -0.2) is 63.5 Å². The molecule has 0 saturated carbocycles. The van der Waals surface area contributed by atoms with E-state index in [1.165, 1.54) is 0 Å². The SMILES string of the molecule is CCS(=O)(=O)N1CC[C@H]2[C@@H]1CCN2Cc1cn(-c2ccccc2)nn1. The van der Waals surface area contributed by atoms with Crippen LogP contribution < -0.4 is 0 Å². The van der Waals surface area contributed by atoms with Gasteiger partial charge < -0.3 is 0 Å². The summed E-state index contributed by atoms with van der Waals surface area (Å²) in [6, 6.07) is 10.3. The summed E-state index contributed by atoms with van der Waals surface area (Å²) in [7, 11) is -3.11. The minimum absolute atomic E-state index is 0.120. The summed E-state index contributed by atoms with van der Waals surface area (Å²) in [6.45, 7) is 3.98. The van der Waals surface area contributed by atoms with Gasteiger partial charge in [-0.1, -0.05) is 23.4 Å². The van der Waals surface area contributed by atoms with Crippen LogP contribution in [0.3, 0.4) is 0 Å². The van der Waals surface area contributed by atoms with E-state index in [-0.39, 0.29) is 11.8 Å². The number of fused-ring (bicyclic) bond motifs is 1. The Morgan fingerprint density at radius 2 is 1.88 bits per heavy atom. The Morgan fingerprint density at radius 1 is 1.12 bits per heavy atom. The topological polar surface area (TPSA) is 71.3 Å². The zero-order chi connectivity index (χ0) is 17.4. The molecule has 0 bridgehead atoms. The highest BCUT2D eigenvalue weighted by molar-refractivity contribution is 7.89. The van der Waals surface area contributed by atoms with Crippen molar-refractivity contribution in [2.24, 2.45) is 0 Å². The molecule has 0 radical (unpaired) electrons. The van der Waals surface area contributed by atoms with Crippen molar-refractivity contribution in [2.45, 2.75) is 38.4 Å². The summed E-state index contributed by atoms with van der Waals surface area (Å²) in [5.74, 6) is 0.182. The van der Waals surface area contributed by atoms with E-state index in [1.54, 1.807) is 15.9 Å². The maximum absolute atomic E-state index is 12.3. The average Bonchev–Trinajstić information content (AvgIpc) is 3.33. The van der Waals surface area contributed by atoms with Gasteiger partial charge in [-0.15, -0.1) is 5.10 Å². The fourth-order valence-electron chi connectivity index (χ4n) is 4.03. The van der Waals surface area contributed by atoms with Gasteiger partial charge in [-0.05, 0) is 31.9 Å². The van der Waals surface area contributed by atoms with Crippen LogP contribution in [0.1, 0.15) is 25.5 Å². The Kier molecular flexibility index (Phi) is 4.35. The summed E-state index contributed by atoms with van der Waals surface area (Å²) in [6.07, 6.45) is 3.76. The Labute approximate surface area is 148 Å². The van der Waals surface area contributed by atoms with Gasteiger partial charge in [0.2, 0.25) is 10.0 Å². The van der Waals surface area contributed by atoms with E-state index in [4.69, 9.17) is 0 Å². The Morgan fingerprint density at radius 3 is 2.64 bits per heavy atom. The summed E-state index contributed by atoms with van der Waals surface area (Å²) >= 11 is 0. The number of benzene rings is 1.